The molecule has 2 unspecified atom stereocenters. The quantitative estimate of drug-likeness (QED) is 0.148. The molecule has 11 nitrogen and oxygen atoms in total. The predicted octanol–water partition coefficient (Wildman–Crippen LogP) is 0.763. The first-order chi connectivity index (χ1) is 13.3. The Morgan fingerprint density at radius 1 is 1.00 bits per heavy atom. The van der Waals surface area contributed by atoms with Gasteiger partial charge in [0.1, 0.15) is 26.0 Å². The number of rotatable bonds is 12. The number of hydrogen-bond donors (Lipinski definition) is 2. The SMILES string of the molecule is C=C(C)C(=O)OCCNC(=O)OC(COC(=O)CP(C)(=O)O)COC(=O)C(=C)C. The molecule has 0 aromatic carbocycles. The Bertz CT molecular complexity index is 696. The topological polar surface area (TPSA) is 155 Å². The number of ether oxygens (including phenoxy) is 4. The van der Waals surface area contributed by atoms with E-state index in [9.17, 15) is 23.7 Å². The number of nitrogens with one attached hydrogen (secondary N) is 1. The van der Waals surface area contributed by atoms with Crippen molar-refractivity contribution in [2.45, 2.75) is 20.0 Å². The highest BCUT2D eigenvalue weighted by Gasteiger charge is 2.22. The lowest BCUT2D eigenvalue weighted by Gasteiger charge is -2.18. The lowest BCUT2D eigenvalue weighted by atomic mass is 10.3. The van der Waals surface area contributed by atoms with Crippen molar-refractivity contribution in [3.05, 3.63) is 24.3 Å². The molecule has 0 fully saturated rings. The summed E-state index contributed by atoms with van der Waals surface area (Å²) in [5.41, 5.74) is 0.310. The molecule has 0 aliphatic heterocycles. The van der Waals surface area contributed by atoms with Crippen LogP contribution in [-0.2, 0) is 37.9 Å². The minimum Gasteiger partial charge on any atom is -0.461 e. The summed E-state index contributed by atoms with van der Waals surface area (Å²) in [6.45, 7) is 9.52. The molecule has 1 amide bonds. The molecule has 0 saturated heterocycles. The minimum atomic E-state index is -3.63. The van der Waals surface area contributed by atoms with Crippen molar-refractivity contribution in [1.29, 1.82) is 0 Å². The minimum absolute atomic E-state index is 0.0700. The van der Waals surface area contributed by atoms with Gasteiger partial charge >= 0.3 is 24.0 Å². The molecule has 0 spiro atoms. The van der Waals surface area contributed by atoms with Crippen LogP contribution >= 0.6 is 7.37 Å². The van der Waals surface area contributed by atoms with Gasteiger partial charge < -0.3 is 29.2 Å². The van der Waals surface area contributed by atoms with Crippen molar-refractivity contribution in [2.75, 3.05) is 39.2 Å². The van der Waals surface area contributed by atoms with Crippen LogP contribution in [0.5, 0.6) is 0 Å². The fraction of sp³-hybridized carbons (Fsp3) is 0.529. The predicted molar refractivity (Wildman–Crippen MR) is 101 cm³/mol. The van der Waals surface area contributed by atoms with Crippen molar-refractivity contribution < 1.29 is 47.6 Å². The van der Waals surface area contributed by atoms with Gasteiger partial charge in [-0.25, -0.2) is 14.4 Å². The zero-order valence-electron chi connectivity index (χ0n) is 16.6. The molecule has 29 heavy (non-hydrogen) atoms. The second-order valence-corrected chi connectivity index (χ2v) is 8.56. The first-order valence-electron chi connectivity index (χ1n) is 8.36. The standard InChI is InChI=1S/C17H26NO10P/c1-11(2)15(20)25-7-6-18-17(22)28-13(9-27-16(21)12(3)4)8-26-14(19)10-29(5,23)24/h13H,1,3,6-10H2,2,4-5H3,(H,18,22)(H,23,24). The highest BCUT2D eigenvalue weighted by atomic mass is 31.2. The van der Waals surface area contributed by atoms with E-state index in [2.05, 4.69) is 18.5 Å². The molecular formula is C17H26NO10P. The lowest BCUT2D eigenvalue weighted by Crippen LogP contribution is -2.37. The molecule has 164 valence electrons. The molecule has 0 bridgehead atoms. The van der Waals surface area contributed by atoms with Crippen LogP contribution in [0.25, 0.3) is 0 Å². The van der Waals surface area contributed by atoms with Gasteiger partial charge in [-0.1, -0.05) is 13.2 Å². The lowest BCUT2D eigenvalue weighted by molar-refractivity contribution is -0.148. The number of hydrogen-bond acceptors (Lipinski definition) is 9. The fourth-order valence-electron chi connectivity index (χ4n) is 1.49. The van der Waals surface area contributed by atoms with Crippen LogP contribution in [-0.4, -0.2) is 74.2 Å². The van der Waals surface area contributed by atoms with E-state index in [1.54, 1.807) is 0 Å². The van der Waals surface area contributed by atoms with Crippen molar-refractivity contribution in [2.24, 2.45) is 0 Å². The van der Waals surface area contributed by atoms with Crippen LogP contribution in [0.3, 0.4) is 0 Å². The van der Waals surface area contributed by atoms with Crippen molar-refractivity contribution in [3.63, 3.8) is 0 Å². The Kier molecular flexibility index (Phi) is 11.6. The van der Waals surface area contributed by atoms with E-state index >= 15 is 0 Å². The van der Waals surface area contributed by atoms with Crippen LogP contribution < -0.4 is 5.32 Å². The zero-order valence-corrected chi connectivity index (χ0v) is 17.5. The summed E-state index contributed by atoms with van der Waals surface area (Å²) in [4.78, 5) is 55.2. The maximum absolute atomic E-state index is 11.8. The molecule has 0 aliphatic carbocycles. The first-order valence-corrected chi connectivity index (χ1v) is 10.7. The summed E-state index contributed by atoms with van der Waals surface area (Å²) in [6.07, 6.45) is -2.85. The van der Waals surface area contributed by atoms with Gasteiger partial charge in [-0.3, -0.25) is 9.36 Å². The highest BCUT2D eigenvalue weighted by Crippen LogP contribution is 2.34. The van der Waals surface area contributed by atoms with E-state index in [1.807, 2.05) is 0 Å². The van der Waals surface area contributed by atoms with Gasteiger partial charge in [-0.15, -0.1) is 0 Å². The summed E-state index contributed by atoms with van der Waals surface area (Å²) >= 11 is 0. The Morgan fingerprint density at radius 3 is 2.03 bits per heavy atom. The largest absolute Gasteiger partial charge is 0.461 e. The van der Waals surface area contributed by atoms with E-state index in [-0.39, 0.29) is 24.3 Å². The highest BCUT2D eigenvalue weighted by molar-refractivity contribution is 7.58. The number of carbonyl (C=O) groups excluding carboxylic acids is 4. The monoisotopic (exact) mass is 435 g/mol. The average molecular weight is 435 g/mol. The molecule has 0 aliphatic rings. The molecule has 2 N–H and O–H groups in total. The van der Waals surface area contributed by atoms with Crippen molar-refractivity contribution in [1.82, 2.24) is 5.32 Å². The van der Waals surface area contributed by atoms with Gasteiger partial charge in [0.05, 0.1) is 6.54 Å². The van der Waals surface area contributed by atoms with Crippen LogP contribution in [0, 0.1) is 0 Å². The summed E-state index contributed by atoms with van der Waals surface area (Å²) in [7, 11) is -3.63. The van der Waals surface area contributed by atoms with Crippen LogP contribution in [0.1, 0.15) is 13.8 Å². The number of carbonyl (C=O) groups is 4. The Labute approximate surface area is 168 Å². The summed E-state index contributed by atoms with van der Waals surface area (Å²) in [6, 6.07) is 0. The summed E-state index contributed by atoms with van der Waals surface area (Å²) in [5.74, 6) is -2.34. The third kappa shape index (κ3) is 14.1. The Hall–Kier alpha value is -2.65. The molecule has 0 aromatic heterocycles. The maximum Gasteiger partial charge on any atom is 0.407 e. The van der Waals surface area contributed by atoms with Crippen molar-refractivity contribution in [3.8, 4) is 0 Å². The van der Waals surface area contributed by atoms with Gasteiger partial charge in [0.25, 0.3) is 0 Å². The van der Waals surface area contributed by atoms with E-state index in [0.717, 1.165) is 6.66 Å². The van der Waals surface area contributed by atoms with E-state index in [1.165, 1.54) is 13.8 Å². The molecule has 0 radical (unpaired) electrons. The smallest absolute Gasteiger partial charge is 0.407 e. The molecule has 2 atom stereocenters. The normalized spacial score (nSPS) is 13.2. The molecule has 0 aromatic rings. The molecule has 0 rings (SSSR count). The van der Waals surface area contributed by atoms with Gasteiger partial charge in [0, 0.05) is 17.8 Å². The molecule has 0 heterocycles. The Morgan fingerprint density at radius 2 is 1.52 bits per heavy atom. The number of esters is 3. The van der Waals surface area contributed by atoms with Crippen LogP contribution in [0.2, 0.25) is 0 Å². The third-order valence-corrected chi connectivity index (χ3v) is 3.67. The average Bonchev–Trinajstić information content (AvgIpc) is 2.58. The van der Waals surface area contributed by atoms with Crippen molar-refractivity contribution >= 4 is 31.4 Å². The van der Waals surface area contributed by atoms with Crippen LogP contribution in [0.4, 0.5) is 4.79 Å². The molecule has 0 saturated carbocycles. The van der Waals surface area contributed by atoms with E-state index in [4.69, 9.17) is 23.8 Å². The number of amides is 1. The Balaban J connectivity index is 4.60. The van der Waals surface area contributed by atoms with Gasteiger partial charge in [0.2, 0.25) is 7.37 Å². The van der Waals surface area contributed by atoms with E-state index in [0.29, 0.717) is 0 Å². The summed E-state index contributed by atoms with van der Waals surface area (Å²) in [5, 5.41) is 2.29. The zero-order chi connectivity index (χ0) is 22.6. The third-order valence-electron chi connectivity index (χ3n) is 2.83. The second-order valence-electron chi connectivity index (χ2n) is 6.14. The second kappa shape index (κ2) is 12.7. The first kappa shape index (κ1) is 26.4. The fourth-order valence-corrected chi connectivity index (χ4v) is 2.06. The van der Waals surface area contributed by atoms with E-state index < -0.39 is 56.8 Å². The summed E-state index contributed by atoms with van der Waals surface area (Å²) < 4.78 is 30.6. The van der Waals surface area contributed by atoms with Gasteiger partial charge in [0.15, 0.2) is 6.10 Å². The van der Waals surface area contributed by atoms with Gasteiger partial charge in [-0.05, 0) is 13.8 Å². The number of alkyl carbamates (subject to hydrolysis) is 1. The molecule has 12 heteroatoms. The molecular weight excluding hydrogens is 409 g/mol. The van der Waals surface area contributed by atoms with Crippen LogP contribution in [0.15, 0.2) is 24.3 Å². The maximum atomic E-state index is 11.8. The van der Waals surface area contributed by atoms with Gasteiger partial charge in [-0.2, -0.15) is 0 Å².